The molecule has 0 fully saturated rings. The number of anilines is 1. The molecule has 0 aromatic carbocycles. The largest absolute Gasteiger partial charge is 0.353 e. The van der Waals surface area contributed by atoms with Gasteiger partial charge in [0.25, 0.3) is 0 Å². The summed E-state index contributed by atoms with van der Waals surface area (Å²) in [6, 6.07) is 0.263. The van der Waals surface area contributed by atoms with Crippen LogP contribution in [0.2, 0.25) is 0 Å². The topological polar surface area (TPSA) is 81.7 Å². The van der Waals surface area contributed by atoms with Gasteiger partial charge in [-0.1, -0.05) is 5.10 Å². The van der Waals surface area contributed by atoms with Gasteiger partial charge in [0.2, 0.25) is 5.95 Å². The average molecular weight is 184 g/mol. The number of aryl methyl sites for hydroxylation is 1. The van der Waals surface area contributed by atoms with Crippen LogP contribution >= 0.6 is 0 Å². The first-order chi connectivity index (χ1) is 6.20. The normalized spacial score (nSPS) is 12.8. The molecule has 1 atom stereocenters. The van der Waals surface area contributed by atoms with Crippen LogP contribution in [0, 0.1) is 0 Å². The van der Waals surface area contributed by atoms with Gasteiger partial charge in [-0.3, -0.25) is 0 Å². The van der Waals surface area contributed by atoms with Gasteiger partial charge in [0, 0.05) is 19.6 Å². The molecule has 0 spiro atoms. The Kier molecular flexibility index (Phi) is 3.63. The van der Waals surface area contributed by atoms with E-state index in [0.29, 0.717) is 5.95 Å². The van der Waals surface area contributed by atoms with E-state index in [0.717, 1.165) is 19.4 Å². The maximum absolute atomic E-state index is 5.61. The monoisotopic (exact) mass is 184 g/mol. The minimum atomic E-state index is 0.263. The van der Waals surface area contributed by atoms with E-state index in [4.69, 9.17) is 5.73 Å². The van der Waals surface area contributed by atoms with E-state index < -0.39 is 0 Å². The fourth-order valence-electron chi connectivity index (χ4n) is 1.00. The van der Waals surface area contributed by atoms with E-state index >= 15 is 0 Å². The van der Waals surface area contributed by atoms with E-state index in [1.54, 1.807) is 11.7 Å². The third-order valence-electron chi connectivity index (χ3n) is 1.74. The van der Waals surface area contributed by atoms with Crippen molar-refractivity contribution in [3.63, 3.8) is 0 Å². The molecular weight excluding hydrogens is 168 g/mol. The smallest absolute Gasteiger partial charge is 0.242 e. The predicted octanol–water partition coefficient (Wildman–Crippen LogP) is -0.251. The summed E-state index contributed by atoms with van der Waals surface area (Å²) in [6.45, 7) is 2.86. The van der Waals surface area contributed by atoms with Gasteiger partial charge in [0.15, 0.2) is 0 Å². The van der Waals surface area contributed by atoms with Gasteiger partial charge in [-0.2, -0.15) is 0 Å². The zero-order valence-electron chi connectivity index (χ0n) is 8.06. The maximum Gasteiger partial charge on any atom is 0.242 e. The Hall–Kier alpha value is -1.17. The Bertz CT molecular complexity index is 243. The zero-order chi connectivity index (χ0) is 9.68. The number of rotatable bonds is 5. The van der Waals surface area contributed by atoms with E-state index in [1.165, 1.54) is 0 Å². The van der Waals surface area contributed by atoms with Gasteiger partial charge in [-0.25, -0.2) is 4.68 Å². The van der Waals surface area contributed by atoms with E-state index in [1.807, 2.05) is 6.92 Å². The first kappa shape index (κ1) is 9.91. The van der Waals surface area contributed by atoms with Crippen molar-refractivity contribution in [1.82, 2.24) is 20.2 Å². The number of aromatic nitrogens is 4. The molecule has 0 aliphatic rings. The molecule has 0 saturated carbocycles. The predicted molar refractivity (Wildman–Crippen MR) is 50.2 cm³/mol. The summed E-state index contributed by atoms with van der Waals surface area (Å²) in [4.78, 5) is 0. The average Bonchev–Trinajstić information content (AvgIpc) is 2.45. The number of nitrogens with zero attached hydrogens (tertiary/aromatic N) is 4. The molecule has 6 heteroatoms. The molecule has 74 valence electrons. The molecule has 1 aromatic heterocycles. The third-order valence-corrected chi connectivity index (χ3v) is 1.74. The Balaban J connectivity index is 2.17. The highest BCUT2D eigenvalue weighted by molar-refractivity contribution is 5.20. The van der Waals surface area contributed by atoms with Gasteiger partial charge in [-0.05, 0) is 30.2 Å². The molecule has 1 rings (SSSR count). The Morgan fingerprint density at radius 2 is 2.38 bits per heavy atom. The second-order valence-electron chi connectivity index (χ2n) is 3.17. The highest BCUT2D eigenvalue weighted by Gasteiger charge is 1.99. The molecular formula is C7H16N6. The third kappa shape index (κ3) is 3.37. The number of nitrogens with two attached hydrogens (primary N) is 1. The van der Waals surface area contributed by atoms with Gasteiger partial charge < -0.3 is 11.1 Å². The Morgan fingerprint density at radius 3 is 2.92 bits per heavy atom. The van der Waals surface area contributed by atoms with E-state index in [9.17, 15) is 0 Å². The second-order valence-corrected chi connectivity index (χ2v) is 3.17. The van der Waals surface area contributed by atoms with Crippen molar-refractivity contribution in [3.8, 4) is 0 Å². The van der Waals surface area contributed by atoms with Crippen molar-refractivity contribution >= 4 is 5.95 Å². The van der Waals surface area contributed by atoms with Crippen molar-refractivity contribution in [2.75, 3.05) is 11.9 Å². The number of hydrogen-bond donors (Lipinski definition) is 2. The molecule has 0 radical (unpaired) electrons. The minimum absolute atomic E-state index is 0.263. The lowest BCUT2D eigenvalue weighted by Gasteiger charge is -2.05. The van der Waals surface area contributed by atoms with Crippen LogP contribution in [-0.2, 0) is 7.05 Å². The van der Waals surface area contributed by atoms with Gasteiger partial charge in [0.05, 0.1) is 0 Å². The summed E-state index contributed by atoms with van der Waals surface area (Å²) in [5, 5.41) is 14.1. The second kappa shape index (κ2) is 4.76. The fraction of sp³-hybridized carbons (Fsp3) is 0.857. The molecule has 0 aliphatic heterocycles. The lowest BCUT2D eigenvalue weighted by atomic mass is 10.2. The maximum atomic E-state index is 5.61. The summed E-state index contributed by atoms with van der Waals surface area (Å²) >= 11 is 0. The molecule has 3 N–H and O–H groups in total. The fourth-order valence-corrected chi connectivity index (χ4v) is 1.00. The minimum Gasteiger partial charge on any atom is -0.353 e. The van der Waals surface area contributed by atoms with Crippen LogP contribution in [0.25, 0.3) is 0 Å². The van der Waals surface area contributed by atoms with E-state index in [-0.39, 0.29) is 6.04 Å². The number of tetrazole rings is 1. The van der Waals surface area contributed by atoms with Gasteiger partial charge in [-0.15, -0.1) is 0 Å². The van der Waals surface area contributed by atoms with Crippen molar-refractivity contribution in [2.24, 2.45) is 12.8 Å². The van der Waals surface area contributed by atoms with Crippen LogP contribution in [0.1, 0.15) is 19.8 Å². The first-order valence-electron chi connectivity index (χ1n) is 4.42. The standard InChI is InChI=1S/C7H16N6/c1-6(8)4-3-5-9-7-10-11-12-13(7)2/h6H,3-5,8H2,1-2H3,(H,9,10,12). The molecule has 13 heavy (non-hydrogen) atoms. The van der Waals surface area contributed by atoms with Crippen LogP contribution in [0.4, 0.5) is 5.95 Å². The molecule has 0 bridgehead atoms. The van der Waals surface area contributed by atoms with E-state index in [2.05, 4.69) is 20.8 Å². The molecule has 1 aromatic rings. The molecule has 1 heterocycles. The quantitative estimate of drug-likeness (QED) is 0.617. The Morgan fingerprint density at radius 1 is 1.62 bits per heavy atom. The van der Waals surface area contributed by atoms with Gasteiger partial charge >= 0.3 is 0 Å². The Labute approximate surface area is 77.5 Å². The van der Waals surface area contributed by atoms with Crippen LogP contribution in [0.15, 0.2) is 0 Å². The van der Waals surface area contributed by atoms with Crippen LogP contribution < -0.4 is 11.1 Å². The molecule has 1 unspecified atom stereocenters. The highest BCUT2D eigenvalue weighted by atomic mass is 15.6. The highest BCUT2D eigenvalue weighted by Crippen LogP contribution is 1.98. The summed E-state index contributed by atoms with van der Waals surface area (Å²) < 4.78 is 1.60. The van der Waals surface area contributed by atoms with Crippen molar-refractivity contribution in [2.45, 2.75) is 25.8 Å². The summed E-state index contributed by atoms with van der Waals surface area (Å²) in [5.74, 6) is 0.699. The lowest BCUT2D eigenvalue weighted by molar-refractivity contribution is 0.635. The van der Waals surface area contributed by atoms with Crippen LogP contribution in [0.3, 0.4) is 0 Å². The van der Waals surface area contributed by atoms with Gasteiger partial charge in [0.1, 0.15) is 0 Å². The summed E-state index contributed by atoms with van der Waals surface area (Å²) in [7, 11) is 1.80. The molecule has 6 nitrogen and oxygen atoms in total. The zero-order valence-corrected chi connectivity index (χ0v) is 8.06. The summed E-state index contributed by atoms with van der Waals surface area (Å²) in [6.07, 6.45) is 2.04. The van der Waals surface area contributed by atoms with Crippen molar-refractivity contribution in [1.29, 1.82) is 0 Å². The number of nitrogens with one attached hydrogen (secondary N) is 1. The molecule has 0 saturated heterocycles. The SMILES string of the molecule is CC(N)CCCNc1nnnn1C. The van der Waals surface area contributed by atoms with Crippen molar-refractivity contribution < 1.29 is 0 Å². The van der Waals surface area contributed by atoms with Crippen molar-refractivity contribution in [3.05, 3.63) is 0 Å². The van der Waals surface area contributed by atoms with Crippen LogP contribution in [-0.4, -0.2) is 32.8 Å². The molecule has 0 amide bonds. The first-order valence-corrected chi connectivity index (χ1v) is 4.42. The van der Waals surface area contributed by atoms with Crippen LogP contribution in [0.5, 0.6) is 0 Å². The lowest BCUT2D eigenvalue weighted by Crippen LogP contribution is -2.16. The number of hydrogen-bond acceptors (Lipinski definition) is 5. The summed E-state index contributed by atoms with van der Waals surface area (Å²) in [5.41, 5.74) is 5.61. The molecule has 0 aliphatic carbocycles.